The molecule has 0 saturated carbocycles. The van der Waals surface area contributed by atoms with Crippen molar-refractivity contribution in [1.82, 2.24) is 0 Å². The molecule has 1 atom stereocenters. The van der Waals surface area contributed by atoms with Crippen LogP contribution in [0.15, 0.2) is 30.4 Å². The van der Waals surface area contributed by atoms with Gasteiger partial charge < -0.3 is 9.47 Å². The Hall–Kier alpha value is -1.44. The van der Waals surface area contributed by atoms with Crippen LogP contribution in [0, 0.1) is 0 Å². The van der Waals surface area contributed by atoms with Gasteiger partial charge in [0.2, 0.25) is 0 Å². The van der Waals surface area contributed by atoms with Gasteiger partial charge in [0.15, 0.2) is 11.5 Å². The Labute approximate surface area is 142 Å². The quantitative estimate of drug-likeness (QED) is 0.409. The molecule has 0 amide bonds. The fourth-order valence-corrected chi connectivity index (χ4v) is 2.63. The molecule has 130 valence electrons. The molecule has 1 rings (SSSR count). The summed E-state index contributed by atoms with van der Waals surface area (Å²) in [4.78, 5) is 0. The third kappa shape index (κ3) is 7.11. The summed E-state index contributed by atoms with van der Waals surface area (Å²) in [5.74, 6) is 2.34. The van der Waals surface area contributed by atoms with Gasteiger partial charge in [-0.15, -0.1) is 0 Å². The van der Waals surface area contributed by atoms with Crippen LogP contribution in [0.3, 0.4) is 0 Å². The monoisotopic (exact) mass is 318 g/mol. The van der Waals surface area contributed by atoms with Crippen LogP contribution in [0.25, 0.3) is 0 Å². The van der Waals surface area contributed by atoms with Crippen LogP contribution in [-0.2, 0) is 0 Å². The highest BCUT2D eigenvalue weighted by Crippen LogP contribution is 2.34. The summed E-state index contributed by atoms with van der Waals surface area (Å²) in [5.41, 5.74) is 1.36. The van der Waals surface area contributed by atoms with Crippen molar-refractivity contribution in [1.29, 1.82) is 0 Å². The predicted octanol–water partition coefficient (Wildman–Crippen LogP) is 6.50. The summed E-state index contributed by atoms with van der Waals surface area (Å²) in [6, 6.07) is 6.49. The maximum absolute atomic E-state index is 5.93. The van der Waals surface area contributed by atoms with Crippen LogP contribution < -0.4 is 9.47 Å². The SMILES string of the molecule is CC/C=C\CC(CCC)c1ccc(OCCC)c(OCCC)c1. The summed E-state index contributed by atoms with van der Waals surface area (Å²) in [6.45, 7) is 10.2. The summed E-state index contributed by atoms with van der Waals surface area (Å²) in [5, 5.41) is 0. The lowest BCUT2D eigenvalue weighted by Crippen LogP contribution is -2.04. The molecule has 0 heterocycles. The molecule has 1 unspecified atom stereocenters. The number of allylic oxidation sites excluding steroid dienone is 2. The lowest BCUT2D eigenvalue weighted by Gasteiger charge is -2.18. The Kier molecular flexibility index (Phi) is 10.3. The smallest absolute Gasteiger partial charge is 0.161 e. The standard InChI is InChI=1S/C21H34O2/c1-5-9-10-12-18(11-6-2)19-13-14-20(22-15-7-3)21(17-19)23-16-8-4/h9-10,13-14,17-18H,5-8,11-12,15-16H2,1-4H3/b10-9-. The highest BCUT2D eigenvalue weighted by Gasteiger charge is 2.13. The number of ether oxygens (including phenoxy) is 2. The van der Waals surface area contributed by atoms with Crippen molar-refractivity contribution in [3.63, 3.8) is 0 Å². The van der Waals surface area contributed by atoms with Gasteiger partial charge in [-0.1, -0.05) is 52.3 Å². The molecule has 1 aromatic carbocycles. The third-order valence-electron chi connectivity index (χ3n) is 3.82. The van der Waals surface area contributed by atoms with Gasteiger partial charge in [-0.2, -0.15) is 0 Å². The van der Waals surface area contributed by atoms with Crippen molar-refractivity contribution >= 4 is 0 Å². The highest BCUT2D eigenvalue weighted by atomic mass is 16.5. The molecule has 23 heavy (non-hydrogen) atoms. The minimum absolute atomic E-state index is 0.562. The number of rotatable bonds is 12. The first-order valence-corrected chi connectivity index (χ1v) is 9.31. The van der Waals surface area contributed by atoms with Gasteiger partial charge in [-0.05, 0) is 55.7 Å². The van der Waals surface area contributed by atoms with Crippen molar-refractivity contribution in [2.24, 2.45) is 0 Å². The second-order valence-corrected chi connectivity index (χ2v) is 6.00. The van der Waals surface area contributed by atoms with E-state index in [9.17, 15) is 0 Å². The molecular weight excluding hydrogens is 284 g/mol. The van der Waals surface area contributed by atoms with Gasteiger partial charge in [0.1, 0.15) is 0 Å². The molecule has 0 aromatic heterocycles. The van der Waals surface area contributed by atoms with E-state index in [1.54, 1.807) is 0 Å². The van der Waals surface area contributed by atoms with Crippen molar-refractivity contribution in [2.75, 3.05) is 13.2 Å². The zero-order valence-electron chi connectivity index (χ0n) is 15.4. The lowest BCUT2D eigenvalue weighted by atomic mass is 9.91. The van der Waals surface area contributed by atoms with Crippen molar-refractivity contribution in [3.05, 3.63) is 35.9 Å². The molecule has 0 fully saturated rings. The lowest BCUT2D eigenvalue weighted by molar-refractivity contribution is 0.268. The molecular formula is C21H34O2. The Morgan fingerprint density at radius 3 is 2.17 bits per heavy atom. The Bertz CT molecular complexity index is 451. The van der Waals surface area contributed by atoms with Crippen LogP contribution in [0.1, 0.15) is 77.7 Å². The summed E-state index contributed by atoms with van der Waals surface area (Å²) in [7, 11) is 0. The van der Waals surface area contributed by atoms with Gasteiger partial charge in [-0.3, -0.25) is 0 Å². The molecule has 0 N–H and O–H groups in total. The van der Waals surface area contributed by atoms with E-state index in [2.05, 4.69) is 58.0 Å². The maximum Gasteiger partial charge on any atom is 0.161 e. The summed E-state index contributed by atoms with van der Waals surface area (Å²) < 4.78 is 11.8. The van der Waals surface area contributed by atoms with Crippen LogP contribution in [-0.4, -0.2) is 13.2 Å². The average Bonchev–Trinajstić information content (AvgIpc) is 2.58. The van der Waals surface area contributed by atoms with E-state index in [4.69, 9.17) is 9.47 Å². The fraction of sp³-hybridized carbons (Fsp3) is 0.619. The van der Waals surface area contributed by atoms with Crippen LogP contribution >= 0.6 is 0 Å². The molecule has 0 aliphatic rings. The van der Waals surface area contributed by atoms with E-state index < -0.39 is 0 Å². The van der Waals surface area contributed by atoms with Gasteiger partial charge in [-0.25, -0.2) is 0 Å². The molecule has 0 saturated heterocycles. The van der Waals surface area contributed by atoms with E-state index in [1.165, 1.54) is 18.4 Å². The number of hydrogen-bond acceptors (Lipinski definition) is 2. The average molecular weight is 319 g/mol. The molecule has 2 nitrogen and oxygen atoms in total. The largest absolute Gasteiger partial charge is 0.490 e. The van der Waals surface area contributed by atoms with Crippen LogP contribution in [0.5, 0.6) is 11.5 Å². The fourth-order valence-electron chi connectivity index (χ4n) is 2.63. The maximum atomic E-state index is 5.93. The topological polar surface area (TPSA) is 18.5 Å². The van der Waals surface area contributed by atoms with Crippen LogP contribution in [0.2, 0.25) is 0 Å². The normalized spacial score (nSPS) is 12.5. The first-order chi connectivity index (χ1) is 11.3. The first kappa shape index (κ1) is 19.6. The second kappa shape index (κ2) is 12.0. The van der Waals surface area contributed by atoms with E-state index in [1.807, 2.05) is 0 Å². The van der Waals surface area contributed by atoms with E-state index >= 15 is 0 Å². The predicted molar refractivity (Wildman–Crippen MR) is 99.7 cm³/mol. The summed E-state index contributed by atoms with van der Waals surface area (Å²) in [6.07, 6.45) is 11.2. The summed E-state index contributed by atoms with van der Waals surface area (Å²) >= 11 is 0. The Morgan fingerprint density at radius 2 is 1.57 bits per heavy atom. The molecule has 0 bridgehead atoms. The van der Waals surface area contributed by atoms with Gasteiger partial charge in [0.25, 0.3) is 0 Å². The first-order valence-electron chi connectivity index (χ1n) is 9.31. The number of hydrogen-bond donors (Lipinski definition) is 0. The van der Waals surface area contributed by atoms with Gasteiger partial charge in [0, 0.05) is 0 Å². The Balaban J connectivity index is 2.95. The number of benzene rings is 1. The molecule has 0 spiro atoms. The van der Waals surface area contributed by atoms with Crippen molar-refractivity contribution in [2.45, 2.75) is 72.1 Å². The molecule has 2 heteroatoms. The van der Waals surface area contributed by atoms with E-state index in [-0.39, 0.29) is 0 Å². The molecule has 0 aliphatic heterocycles. The zero-order chi connectivity index (χ0) is 16.9. The molecule has 0 radical (unpaired) electrons. The Morgan fingerprint density at radius 1 is 0.870 bits per heavy atom. The van der Waals surface area contributed by atoms with E-state index in [0.717, 1.165) is 50.4 Å². The van der Waals surface area contributed by atoms with Gasteiger partial charge >= 0.3 is 0 Å². The third-order valence-corrected chi connectivity index (χ3v) is 3.82. The minimum atomic E-state index is 0.562. The molecule has 1 aromatic rings. The van der Waals surface area contributed by atoms with Crippen molar-refractivity contribution < 1.29 is 9.47 Å². The van der Waals surface area contributed by atoms with Crippen LogP contribution in [0.4, 0.5) is 0 Å². The second-order valence-electron chi connectivity index (χ2n) is 6.00. The van der Waals surface area contributed by atoms with E-state index in [0.29, 0.717) is 5.92 Å². The highest BCUT2D eigenvalue weighted by molar-refractivity contribution is 5.44. The minimum Gasteiger partial charge on any atom is -0.490 e. The van der Waals surface area contributed by atoms with Gasteiger partial charge in [0.05, 0.1) is 13.2 Å². The molecule has 0 aliphatic carbocycles. The zero-order valence-corrected chi connectivity index (χ0v) is 15.4. The van der Waals surface area contributed by atoms with Crippen molar-refractivity contribution in [3.8, 4) is 11.5 Å².